The van der Waals surface area contributed by atoms with Gasteiger partial charge in [-0.15, -0.1) is 0 Å². The molecule has 2 aromatic carbocycles. The van der Waals surface area contributed by atoms with Crippen LogP contribution >= 0.6 is 0 Å². The Labute approximate surface area is 165 Å². The zero-order chi connectivity index (χ0) is 20.3. The molecule has 0 radical (unpaired) electrons. The lowest BCUT2D eigenvalue weighted by atomic mass is 10.1. The molecule has 0 saturated carbocycles. The smallest absolute Gasteiger partial charge is 0.274 e. The third-order valence-electron chi connectivity index (χ3n) is 4.44. The van der Waals surface area contributed by atoms with E-state index in [1.54, 1.807) is 12.3 Å². The van der Waals surface area contributed by atoms with Crippen molar-refractivity contribution in [1.29, 1.82) is 0 Å². The molecule has 0 aliphatic heterocycles. The Morgan fingerprint density at radius 1 is 0.964 bits per heavy atom. The van der Waals surface area contributed by atoms with Crippen molar-refractivity contribution in [3.8, 4) is 0 Å². The van der Waals surface area contributed by atoms with Crippen LogP contribution in [0.5, 0.6) is 0 Å². The number of hydrogen-bond donors (Lipinski definition) is 2. The molecule has 144 valence electrons. The van der Waals surface area contributed by atoms with Crippen LogP contribution in [0.25, 0.3) is 0 Å². The Kier molecular flexibility index (Phi) is 5.59. The number of aromatic nitrogens is 2. The van der Waals surface area contributed by atoms with E-state index in [1.165, 1.54) is 5.56 Å². The Morgan fingerprint density at radius 3 is 2.21 bits per heavy atom. The van der Waals surface area contributed by atoms with Crippen molar-refractivity contribution < 1.29 is 4.79 Å². The van der Waals surface area contributed by atoms with Gasteiger partial charge in [0.25, 0.3) is 5.91 Å². The van der Waals surface area contributed by atoms with E-state index in [-0.39, 0.29) is 5.91 Å². The van der Waals surface area contributed by atoms with Gasteiger partial charge in [-0.3, -0.25) is 4.79 Å². The number of amides is 1. The van der Waals surface area contributed by atoms with Gasteiger partial charge in [-0.25, -0.2) is 9.97 Å². The molecule has 0 saturated heterocycles. The number of aryl methyl sites for hydroxylation is 3. The van der Waals surface area contributed by atoms with E-state index in [0.717, 1.165) is 22.5 Å². The van der Waals surface area contributed by atoms with E-state index in [4.69, 9.17) is 0 Å². The quantitative estimate of drug-likeness (QED) is 0.689. The molecule has 0 aliphatic rings. The van der Waals surface area contributed by atoms with Gasteiger partial charge in [0.05, 0.1) is 0 Å². The van der Waals surface area contributed by atoms with Crippen molar-refractivity contribution in [2.24, 2.45) is 0 Å². The Bertz CT molecular complexity index is 973. The van der Waals surface area contributed by atoms with Crippen LogP contribution in [-0.4, -0.2) is 30.0 Å². The van der Waals surface area contributed by atoms with Gasteiger partial charge in [0, 0.05) is 37.4 Å². The molecule has 3 aromatic rings. The van der Waals surface area contributed by atoms with Crippen LogP contribution in [0.1, 0.15) is 27.2 Å². The fourth-order valence-corrected chi connectivity index (χ4v) is 3.07. The topological polar surface area (TPSA) is 70.2 Å². The molecule has 2 N–H and O–H groups in total. The monoisotopic (exact) mass is 375 g/mol. The first-order chi connectivity index (χ1) is 13.3. The lowest BCUT2D eigenvalue weighted by Gasteiger charge is -2.14. The lowest BCUT2D eigenvalue weighted by Crippen LogP contribution is -2.15. The summed E-state index contributed by atoms with van der Waals surface area (Å²) >= 11 is 0. The summed E-state index contributed by atoms with van der Waals surface area (Å²) in [4.78, 5) is 23.2. The summed E-state index contributed by atoms with van der Waals surface area (Å²) in [6, 6.07) is 13.4. The fraction of sp³-hybridized carbons (Fsp3) is 0.227. The van der Waals surface area contributed by atoms with E-state index in [9.17, 15) is 4.79 Å². The minimum absolute atomic E-state index is 0.277. The largest absolute Gasteiger partial charge is 0.378 e. The molecule has 1 heterocycles. The number of rotatable bonds is 5. The minimum Gasteiger partial charge on any atom is -0.378 e. The van der Waals surface area contributed by atoms with Crippen LogP contribution in [0.4, 0.5) is 23.0 Å². The number of carbonyl (C=O) groups is 1. The highest BCUT2D eigenvalue weighted by Crippen LogP contribution is 2.24. The van der Waals surface area contributed by atoms with Gasteiger partial charge in [-0.2, -0.15) is 0 Å². The maximum Gasteiger partial charge on any atom is 0.274 e. The maximum atomic E-state index is 12.6. The van der Waals surface area contributed by atoms with Crippen molar-refractivity contribution in [1.82, 2.24) is 9.97 Å². The molecule has 0 unspecified atom stereocenters. The molecule has 28 heavy (non-hydrogen) atoms. The Morgan fingerprint density at radius 2 is 1.61 bits per heavy atom. The van der Waals surface area contributed by atoms with Crippen LogP contribution in [0.15, 0.2) is 48.7 Å². The van der Waals surface area contributed by atoms with Crippen molar-refractivity contribution in [3.63, 3.8) is 0 Å². The number of anilines is 4. The Balaban J connectivity index is 1.76. The maximum absolute atomic E-state index is 12.6. The van der Waals surface area contributed by atoms with Crippen molar-refractivity contribution in [3.05, 3.63) is 71.0 Å². The second kappa shape index (κ2) is 8.08. The molecular formula is C22H25N5O. The van der Waals surface area contributed by atoms with Crippen molar-refractivity contribution in [2.45, 2.75) is 20.8 Å². The number of nitrogens with zero attached hydrogens (tertiary/aromatic N) is 3. The normalized spacial score (nSPS) is 10.5. The average Bonchev–Trinajstić information content (AvgIpc) is 2.65. The summed E-state index contributed by atoms with van der Waals surface area (Å²) in [5.41, 5.74) is 6.46. The first kappa shape index (κ1) is 19.4. The van der Waals surface area contributed by atoms with E-state index >= 15 is 0 Å². The number of nitrogens with one attached hydrogen (secondary N) is 2. The Hall–Kier alpha value is -3.41. The SMILES string of the molecule is Cc1cc(C)c(Nc2nccc(C(=O)Nc3ccc(N(C)C)cc3)n2)c(C)c1. The van der Waals surface area contributed by atoms with E-state index in [0.29, 0.717) is 17.3 Å². The van der Waals surface area contributed by atoms with Crippen molar-refractivity contribution >= 4 is 28.9 Å². The zero-order valence-electron chi connectivity index (χ0n) is 16.9. The molecular weight excluding hydrogens is 350 g/mol. The highest BCUT2D eigenvalue weighted by atomic mass is 16.1. The molecule has 1 aromatic heterocycles. The highest BCUT2D eigenvalue weighted by Gasteiger charge is 2.11. The minimum atomic E-state index is -0.277. The number of carbonyl (C=O) groups excluding carboxylic acids is 1. The van der Waals surface area contributed by atoms with Crippen LogP contribution in [0.3, 0.4) is 0 Å². The van der Waals surface area contributed by atoms with Crippen LogP contribution < -0.4 is 15.5 Å². The molecule has 0 fully saturated rings. The van der Waals surface area contributed by atoms with Crippen LogP contribution in [0.2, 0.25) is 0 Å². The molecule has 6 heteroatoms. The van der Waals surface area contributed by atoms with Gasteiger partial charge in [0.15, 0.2) is 0 Å². The summed E-state index contributed by atoms with van der Waals surface area (Å²) in [7, 11) is 3.95. The van der Waals surface area contributed by atoms with Crippen molar-refractivity contribution in [2.75, 3.05) is 29.6 Å². The number of hydrogen-bond acceptors (Lipinski definition) is 5. The van der Waals surface area contributed by atoms with Crippen LogP contribution in [0, 0.1) is 20.8 Å². The second-order valence-electron chi connectivity index (χ2n) is 7.06. The first-order valence-corrected chi connectivity index (χ1v) is 9.10. The first-order valence-electron chi connectivity index (χ1n) is 9.10. The zero-order valence-corrected chi connectivity index (χ0v) is 16.9. The van der Waals surface area contributed by atoms with Gasteiger partial charge < -0.3 is 15.5 Å². The summed E-state index contributed by atoms with van der Waals surface area (Å²) in [5.74, 6) is 0.117. The predicted octanol–water partition coefficient (Wildman–Crippen LogP) is 4.46. The molecule has 0 bridgehead atoms. The molecule has 0 spiro atoms. The van der Waals surface area contributed by atoms with E-state index < -0.39 is 0 Å². The standard InChI is InChI=1S/C22H25N5O/c1-14-12-15(2)20(16(3)13-14)26-22-23-11-10-19(25-22)21(28)24-17-6-8-18(9-7-17)27(4)5/h6-13H,1-5H3,(H,24,28)(H,23,25,26). The molecule has 6 nitrogen and oxygen atoms in total. The predicted molar refractivity (Wildman–Crippen MR) is 115 cm³/mol. The number of benzene rings is 2. The van der Waals surface area contributed by atoms with Gasteiger partial charge in [0.1, 0.15) is 5.69 Å². The third-order valence-corrected chi connectivity index (χ3v) is 4.44. The summed E-state index contributed by atoms with van der Waals surface area (Å²) in [6.07, 6.45) is 1.58. The fourth-order valence-electron chi connectivity index (χ4n) is 3.07. The summed E-state index contributed by atoms with van der Waals surface area (Å²) in [6.45, 7) is 6.14. The van der Waals surface area contributed by atoms with Gasteiger partial charge in [-0.05, 0) is 62.2 Å². The van der Waals surface area contributed by atoms with Gasteiger partial charge >= 0.3 is 0 Å². The highest BCUT2D eigenvalue weighted by molar-refractivity contribution is 6.03. The van der Waals surface area contributed by atoms with E-state index in [2.05, 4.69) is 39.7 Å². The van der Waals surface area contributed by atoms with E-state index in [1.807, 2.05) is 57.1 Å². The van der Waals surface area contributed by atoms with Gasteiger partial charge in [-0.1, -0.05) is 17.7 Å². The molecule has 1 amide bonds. The molecule has 0 atom stereocenters. The van der Waals surface area contributed by atoms with Crippen LogP contribution in [-0.2, 0) is 0 Å². The summed E-state index contributed by atoms with van der Waals surface area (Å²) in [5, 5.41) is 6.11. The third kappa shape index (κ3) is 4.46. The average molecular weight is 375 g/mol. The van der Waals surface area contributed by atoms with Gasteiger partial charge in [0.2, 0.25) is 5.95 Å². The summed E-state index contributed by atoms with van der Waals surface area (Å²) < 4.78 is 0. The second-order valence-corrected chi connectivity index (χ2v) is 7.06. The lowest BCUT2D eigenvalue weighted by molar-refractivity contribution is 0.102. The molecule has 0 aliphatic carbocycles. The molecule has 3 rings (SSSR count).